The molecule has 9 heteroatoms. The van der Waals surface area contributed by atoms with Gasteiger partial charge >= 0.3 is 6.18 Å². The second kappa shape index (κ2) is 5.38. The number of ether oxygens (including phenoxy) is 1. The molecule has 1 aliphatic carbocycles. The van der Waals surface area contributed by atoms with E-state index in [2.05, 4.69) is 10.3 Å². The van der Waals surface area contributed by atoms with E-state index in [0.717, 1.165) is 0 Å². The van der Waals surface area contributed by atoms with E-state index in [-0.39, 0.29) is 12.4 Å². The van der Waals surface area contributed by atoms with Gasteiger partial charge in [0.1, 0.15) is 18.2 Å². The van der Waals surface area contributed by atoms with Gasteiger partial charge in [-0.1, -0.05) is 0 Å². The van der Waals surface area contributed by atoms with E-state index < -0.39 is 42.6 Å². The molecule has 0 aromatic rings. The molecule has 116 valence electrons. The van der Waals surface area contributed by atoms with Crippen LogP contribution in [-0.4, -0.2) is 64.5 Å². The highest BCUT2D eigenvalue weighted by Crippen LogP contribution is 2.38. The molecule has 2 aliphatic rings. The molecule has 1 saturated carbocycles. The molecule has 1 heterocycles. The van der Waals surface area contributed by atoms with Crippen molar-refractivity contribution in [1.29, 1.82) is 0 Å². The SMILES string of the molecule is CCNC1=N[C@@H]2[C@@H](O)[C@H](O)[C@H](C(O)C(F)(F)F)C[C@@H]2O1. The van der Waals surface area contributed by atoms with E-state index >= 15 is 0 Å². The summed E-state index contributed by atoms with van der Waals surface area (Å²) < 4.78 is 43.0. The number of aliphatic hydroxyl groups excluding tert-OH is 3. The average molecular weight is 298 g/mol. The summed E-state index contributed by atoms with van der Waals surface area (Å²) in [6.45, 7) is 2.29. The van der Waals surface area contributed by atoms with Crippen LogP contribution < -0.4 is 5.32 Å². The van der Waals surface area contributed by atoms with Crippen LogP contribution in [0.15, 0.2) is 4.99 Å². The lowest BCUT2D eigenvalue weighted by Crippen LogP contribution is -2.57. The fourth-order valence-electron chi connectivity index (χ4n) is 2.61. The van der Waals surface area contributed by atoms with E-state index in [9.17, 15) is 28.5 Å². The van der Waals surface area contributed by atoms with E-state index in [1.54, 1.807) is 6.92 Å². The first-order valence-electron chi connectivity index (χ1n) is 6.35. The molecule has 1 fully saturated rings. The highest BCUT2D eigenvalue weighted by atomic mass is 19.4. The summed E-state index contributed by atoms with van der Waals surface area (Å²) in [4.78, 5) is 4.00. The summed E-state index contributed by atoms with van der Waals surface area (Å²) in [6.07, 6.45) is -11.8. The number of alkyl halides is 3. The van der Waals surface area contributed by atoms with Gasteiger partial charge in [-0.25, -0.2) is 4.99 Å². The van der Waals surface area contributed by atoms with Crippen LogP contribution in [0.3, 0.4) is 0 Å². The normalized spacial score (nSPS) is 38.8. The highest BCUT2D eigenvalue weighted by Gasteiger charge is 2.55. The minimum atomic E-state index is -4.86. The number of hydrogen-bond acceptors (Lipinski definition) is 6. The number of hydrogen-bond donors (Lipinski definition) is 4. The topological polar surface area (TPSA) is 94.3 Å². The van der Waals surface area contributed by atoms with Gasteiger partial charge in [0.15, 0.2) is 6.10 Å². The first kappa shape index (κ1) is 15.3. The van der Waals surface area contributed by atoms with Crippen LogP contribution in [0.4, 0.5) is 13.2 Å². The molecular formula is C11H17F3N2O4. The van der Waals surface area contributed by atoms with Crippen LogP contribution in [0.1, 0.15) is 13.3 Å². The summed E-state index contributed by atoms with van der Waals surface area (Å²) in [5.41, 5.74) is 0. The molecule has 1 unspecified atom stereocenters. The molecular weight excluding hydrogens is 281 g/mol. The molecule has 0 radical (unpaired) electrons. The largest absolute Gasteiger partial charge is 0.460 e. The van der Waals surface area contributed by atoms with Crippen LogP contribution in [0.2, 0.25) is 0 Å². The van der Waals surface area contributed by atoms with Gasteiger partial charge in [0.05, 0.1) is 6.10 Å². The molecule has 4 N–H and O–H groups in total. The Bertz CT molecular complexity index is 390. The predicted molar refractivity (Wildman–Crippen MR) is 62.0 cm³/mol. The summed E-state index contributed by atoms with van der Waals surface area (Å²) in [7, 11) is 0. The van der Waals surface area contributed by atoms with Crippen LogP contribution in [0.25, 0.3) is 0 Å². The average Bonchev–Trinajstić information content (AvgIpc) is 2.75. The fourth-order valence-corrected chi connectivity index (χ4v) is 2.61. The Hall–Kier alpha value is -1.06. The Kier molecular flexibility index (Phi) is 4.12. The quantitative estimate of drug-likeness (QED) is 0.545. The number of nitrogens with zero attached hydrogens (tertiary/aromatic N) is 1. The lowest BCUT2D eigenvalue weighted by molar-refractivity contribution is -0.243. The number of aliphatic imine (C=N–C) groups is 1. The lowest BCUT2D eigenvalue weighted by atomic mass is 9.77. The van der Waals surface area contributed by atoms with Gasteiger partial charge in [0.2, 0.25) is 0 Å². The molecule has 0 aromatic carbocycles. The van der Waals surface area contributed by atoms with Gasteiger partial charge in [-0.05, 0) is 13.3 Å². The molecule has 1 aliphatic heterocycles. The van der Waals surface area contributed by atoms with Crippen molar-refractivity contribution in [3.05, 3.63) is 0 Å². The number of nitrogens with one attached hydrogen (secondary N) is 1. The minimum Gasteiger partial charge on any atom is -0.460 e. The molecule has 20 heavy (non-hydrogen) atoms. The highest BCUT2D eigenvalue weighted by molar-refractivity contribution is 5.75. The van der Waals surface area contributed by atoms with Crippen LogP contribution >= 0.6 is 0 Å². The lowest BCUT2D eigenvalue weighted by Gasteiger charge is -2.39. The molecule has 6 nitrogen and oxygen atoms in total. The molecule has 2 rings (SSSR count). The maximum absolute atomic E-state index is 12.6. The van der Waals surface area contributed by atoms with E-state index in [4.69, 9.17) is 4.74 Å². The number of fused-ring (bicyclic) bond motifs is 1. The third-order valence-electron chi connectivity index (χ3n) is 3.62. The third-order valence-corrected chi connectivity index (χ3v) is 3.62. The van der Waals surface area contributed by atoms with Crippen LogP contribution in [-0.2, 0) is 4.74 Å². The first-order chi connectivity index (χ1) is 9.25. The summed E-state index contributed by atoms with van der Waals surface area (Å²) in [6, 6.07) is -0.688. The second-order valence-electron chi connectivity index (χ2n) is 4.98. The van der Waals surface area contributed by atoms with Crippen molar-refractivity contribution in [2.75, 3.05) is 6.54 Å². The van der Waals surface area contributed by atoms with Crippen molar-refractivity contribution in [2.45, 2.75) is 50.0 Å². The van der Waals surface area contributed by atoms with E-state index in [1.807, 2.05) is 0 Å². The first-order valence-corrected chi connectivity index (χ1v) is 6.35. The molecule has 6 atom stereocenters. The summed E-state index contributed by atoms with van der Waals surface area (Å²) in [5, 5.41) is 31.7. The molecule has 0 bridgehead atoms. The maximum Gasteiger partial charge on any atom is 0.414 e. The Morgan fingerprint density at radius 3 is 2.60 bits per heavy atom. The zero-order valence-electron chi connectivity index (χ0n) is 10.7. The van der Waals surface area contributed by atoms with E-state index in [1.165, 1.54) is 0 Å². The number of amidine groups is 1. The van der Waals surface area contributed by atoms with Gasteiger partial charge in [0, 0.05) is 12.5 Å². The van der Waals surface area contributed by atoms with Crippen LogP contribution in [0, 0.1) is 5.92 Å². The zero-order valence-corrected chi connectivity index (χ0v) is 10.7. The monoisotopic (exact) mass is 298 g/mol. The number of halogens is 3. The van der Waals surface area contributed by atoms with Crippen molar-refractivity contribution in [3.8, 4) is 0 Å². The molecule has 0 saturated heterocycles. The molecule has 0 amide bonds. The third kappa shape index (κ3) is 2.70. The number of aliphatic hydroxyl groups is 3. The van der Waals surface area contributed by atoms with Crippen molar-refractivity contribution < 1.29 is 33.2 Å². The predicted octanol–water partition coefficient (Wildman–Crippen LogP) is -0.616. The minimum absolute atomic E-state index is 0.135. The van der Waals surface area contributed by atoms with Crippen molar-refractivity contribution in [3.63, 3.8) is 0 Å². The second-order valence-corrected chi connectivity index (χ2v) is 4.98. The number of rotatable bonds is 2. The molecule has 0 aromatic heterocycles. The fraction of sp³-hybridized carbons (Fsp3) is 0.909. The summed E-state index contributed by atoms with van der Waals surface area (Å²) in [5.74, 6) is -1.54. The smallest absolute Gasteiger partial charge is 0.414 e. The van der Waals surface area contributed by atoms with Crippen LogP contribution in [0.5, 0.6) is 0 Å². The van der Waals surface area contributed by atoms with Gasteiger partial charge < -0.3 is 25.4 Å². The zero-order chi connectivity index (χ0) is 15.1. The van der Waals surface area contributed by atoms with Gasteiger partial charge in [-0.15, -0.1) is 0 Å². The van der Waals surface area contributed by atoms with Gasteiger partial charge in [-0.2, -0.15) is 13.2 Å². The van der Waals surface area contributed by atoms with Gasteiger partial charge in [-0.3, -0.25) is 0 Å². The Labute approximate surface area is 113 Å². The van der Waals surface area contributed by atoms with E-state index in [0.29, 0.717) is 6.54 Å². The Balaban J connectivity index is 2.13. The van der Waals surface area contributed by atoms with Crippen molar-refractivity contribution >= 4 is 6.02 Å². The Morgan fingerprint density at radius 2 is 2.05 bits per heavy atom. The molecule has 0 spiro atoms. The standard InChI is InChI=1S/C11H17F3N2O4/c1-2-15-10-16-6-5(20-10)3-4(7(17)8(6)18)9(19)11(12,13)14/h4-9,17-19H,2-3H2,1H3,(H,15,16)/t4-,5+,6+,7-,8-,9?/m1/s1. The summed E-state index contributed by atoms with van der Waals surface area (Å²) >= 11 is 0. The maximum atomic E-state index is 12.6. The van der Waals surface area contributed by atoms with Crippen molar-refractivity contribution in [2.24, 2.45) is 10.9 Å². The Morgan fingerprint density at radius 1 is 1.40 bits per heavy atom. The van der Waals surface area contributed by atoms with Crippen molar-refractivity contribution in [1.82, 2.24) is 5.32 Å². The van der Waals surface area contributed by atoms with Gasteiger partial charge in [0.25, 0.3) is 6.02 Å².